The molecule has 1 N–H and O–H groups in total. The van der Waals surface area contributed by atoms with Crippen molar-refractivity contribution in [3.8, 4) is 0 Å². The average Bonchev–Trinajstić information content (AvgIpc) is 3.23. The second-order valence-corrected chi connectivity index (χ2v) is 5.28. The zero-order valence-corrected chi connectivity index (χ0v) is 11.4. The first kappa shape index (κ1) is 13.6. The maximum atomic E-state index is 5.12. The number of rotatable bonds is 9. The van der Waals surface area contributed by atoms with E-state index in [1.165, 1.54) is 37.7 Å². The maximum absolute atomic E-state index is 5.12. The fraction of sp³-hybridized carbons (Fsp3) is 0.625. The summed E-state index contributed by atoms with van der Waals surface area (Å²) in [4.78, 5) is 0. The van der Waals surface area contributed by atoms with E-state index in [9.17, 15) is 0 Å². The fourth-order valence-corrected chi connectivity index (χ4v) is 2.35. The molecule has 0 aromatic heterocycles. The monoisotopic (exact) mass is 247 g/mol. The van der Waals surface area contributed by atoms with Gasteiger partial charge in [-0.1, -0.05) is 36.8 Å². The van der Waals surface area contributed by atoms with Crippen molar-refractivity contribution in [1.82, 2.24) is 5.32 Å². The van der Waals surface area contributed by atoms with Crippen LogP contribution in [-0.4, -0.2) is 26.3 Å². The van der Waals surface area contributed by atoms with E-state index < -0.39 is 0 Å². The van der Waals surface area contributed by atoms with Crippen molar-refractivity contribution in [2.24, 2.45) is 0 Å². The quantitative estimate of drug-likeness (QED) is 0.676. The van der Waals surface area contributed by atoms with Gasteiger partial charge in [0.05, 0.1) is 0 Å². The molecule has 1 unspecified atom stereocenters. The number of ether oxygens (including phenoxy) is 1. The Labute approximate surface area is 111 Å². The molecule has 1 atom stereocenters. The lowest BCUT2D eigenvalue weighted by Crippen LogP contribution is -2.23. The molecule has 100 valence electrons. The smallest absolute Gasteiger partial charge is 0.0462 e. The van der Waals surface area contributed by atoms with E-state index in [-0.39, 0.29) is 0 Å². The third-order valence-corrected chi connectivity index (χ3v) is 3.65. The molecule has 1 fully saturated rings. The van der Waals surface area contributed by atoms with Crippen LogP contribution in [0.1, 0.15) is 43.6 Å². The Morgan fingerprint density at radius 1 is 1.22 bits per heavy atom. The Morgan fingerprint density at radius 2 is 2.00 bits per heavy atom. The van der Waals surface area contributed by atoms with Crippen molar-refractivity contribution < 1.29 is 4.74 Å². The van der Waals surface area contributed by atoms with Gasteiger partial charge in [0.1, 0.15) is 0 Å². The summed E-state index contributed by atoms with van der Waals surface area (Å²) < 4.78 is 5.12. The van der Waals surface area contributed by atoms with Crippen molar-refractivity contribution in [1.29, 1.82) is 0 Å². The van der Waals surface area contributed by atoms with E-state index in [1.807, 2.05) is 0 Å². The molecule has 1 aromatic carbocycles. The highest BCUT2D eigenvalue weighted by atomic mass is 16.5. The minimum atomic E-state index is 0.656. The molecule has 0 spiro atoms. The summed E-state index contributed by atoms with van der Waals surface area (Å²) in [5.74, 6) is 0.656. The Balaban J connectivity index is 1.81. The molecule has 0 heterocycles. The Kier molecular flexibility index (Phi) is 5.69. The van der Waals surface area contributed by atoms with E-state index in [1.54, 1.807) is 7.11 Å². The number of benzene rings is 1. The van der Waals surface area contributed by atoms with E-state index in [4.69, 9.17) is 4.74 Å². The first-order valence-electron chi connectivity index (χ1n) is 7.17. The van der Waals surface area contributed by atoms with Gasteiger partial charge in [0, 0.05) is 26.3 Å². The van der Waals surface area contributed by atoms with Crippen molar-refractivity contribution in [3.63, 3.8) is 0 Å². The largest absolute Gasteiger partial charge is 0.385 e. The van der Waals surface area contributed by atoms with Gasteiger partial charge in [0.2, 0.25) is 0 Å². The molecule has 2 heteroatoms. The van der Waals surface area contributed by atoms with Crippen LogP contribution in [0.15, 0.2) is 30.3 Å². The van der Waals surface area contributed by atoms with Crippen molar-refractivity contribution in [2.75, 3.05) is 20.3 Å². The normalized spacial score (nSPS) is 16.7. The molecular formula is C16H25NO. The van der Waals surface area contributed by atoms with Crippen molar-refractivity contribution in [3.05, 3.63) is 35.9 Å². The van der Waals surface area contributed by atoms with Crippen LogP contribution < -0.4 is 5.32 Å². The van der Waals surface area contributed by atoms with Crippen LogP contribution in [0.25, 0.3) is 0 Å². The second kappa shape index (κ2) is 7.55. The van der Waals surface area contributed by atoms with E-state index in [0.717, 1.165) is 19.2 Å². The molecule has 2 rings (SSSR count). The van der Waals surface area contributed by atoms with E-state index >= 15 is 0 Å². The molecule has 1 aliphatic carbocycles. The predicted octanol–water partition coefficient (Wildman–Crippen LogP) is 3.34. The van der Waals surface area contributed by atoms with Gasteiger partial charge in [-0.2, -0.15) is 0 Å². The summed E-state index contributed by atoms with van der Waals surface area (Å²) in [6.45, 7) is 2.01. The minimum absolute atomic E-state index is 0.656. The Bertz CT molecular complexity index is 321. The number of hydrogen-bond acceptors (Lipinski definition) is 2. The number of hydrogen-bond donors (Lipinski definition) is 1. The lowest BCUT2D eigenvalue weighted by Gasteiger charge is -2.18. The summed E-state index contributed by atoms with van der Waals surface area (Å²) in [5, 5.41) is 3.66. The summed E-state index contributed by atoms with van der Waals surface area (Å²) >= 11 is 0. The highest BCUT2D eigenvalue weighted by molar-refractivity contribution is 5.19. The Hall–Kier alpha value is -0.860. The van der Waals surface area contributed by atoms with Crippen LogP contribution in [0, 0.1) is 0 Å². The van der Waals surface area contributed by atoms with Crippen LogP contribution in [0.2, 0.25) is 0 Å². The SMILES string of the molecule is COCCCCC(CNC1CC1)c1ccccc1. The first-order chi connectivity index (χ1) is 8.90. The predicted molar refractivity (Wildman–Crippen MR) is 75.9 cm³/mol. The third-order valence-electron chi connectivity index (χ3n) is 3.65. The summed E-state index contributed by atoms with van der Waals surface area (Å²) in [5.41, 5.74) is 1.48. The van der Waals surface area contributed by atoms with Gasteiger partial charge in [0.25, 0.3) is 0 Å². The van der Waals surface area contributed by atoms with Gasteiger partial charge in [-0.3, -0.25) is 0 Å². The zero-order valence-electron chi connectivity index (χ0n) is 11.4. The number of unbranched alkanes of at least 4 members (excludes halogenated alkanes) is 1. The molecule has 1 saturated carbocycles. The summed E-state index contributed by atoms with van der Waals surface area (Å²) in [7, 11) is 1.78. The molecule has 0 radical (unpaired) electrons. The fourth-order valence-electron chi connectivity index (χ4n) is 2.35. The average molecular weight is 247 g/mol. The highest BCUT2D eigenvalue weighted by Crippen LogP contribution is 2.24. The van der Waals surface area contributed by atoms with Gasteiger partial charge >= 0.3 is 0 Å². The van der Waals surface area contributed by atoms with Crippen LogP contribution in [-0.2, 0) is 4.74 Å². The maximum Gasteiger partial charge on any atom is 0.0462 e. The third kappa shape index (κ3) is 4.79. The van der Waals surface area contributed by atoms with Crippen LogP contribution in [0.5, 0.6) is 0 Å². The molecule has 0 aliphatic heterocycles. The summed E-state index contributed by atoms with van der Waals surface area (Å²) in [6, 6.07) is 11.7. The highest BCUT2D eigenvalue weighted by Gasteiger charge is 2.22. The molecular weight excluding hydrogens is 222 g/mol. The molecule has 0 saturated heterocycles. The molecule has 1 aliphatic rings. The van der Waals surface area contributed by atoms with Gasteiger partial charge in [0.15, 0.2) is 0 Å². The van der Waals surface area contributed by atoms with E-state index in [2.05, 4.69) is 35.6 Å². The zero-order chi connectivity index (χ0) is 12.6. The van der Waals surface area contributed by atoms with E-state index in [0.29, 0.717) is 5.92 Å². The molecule has 18 heavy (non-hydrogen) atoms. The lowest BCUT2D eigenvalue weighted by molar-refractivity contribution is 0.191. The standard InChI is InChI=1S/C16H25NO/c1-18-12-6-5-9-15(13-17-16-10-11-16)14-7-3-2-4-8-14/h2-4,7-8,15-17H,5-6,9-13H2,1H3. The number of methoxy groups -OCH3 is 1. The lowest BCUT2D eigenvalue weighted by atomic mass is 9.93. The first-order valence-corrected chi connectivity index (χ1v) is 7.17. The van der Waals surface area contributed by atoms with Crippen LogP contribution in [0.3, 0.4) is 0 Å². The van der Waals surface area contributed by atoms with Crippen molar-refractivity contribution in [2.45, 2.75) is 44.1 Å². The van der Waals surface area contributed by atoms with Crippen molar-refractivity contribution >= 4 is 0 Å². The van der Waals surface area contributed by atoms with Gasteiger partial charge in [-0.05, 0) is 37.2 Å². The second-order valence-electron chi connectivity index (χ2n) is 5.28. The van der Waals surface area contributed by atoms with Gasteiger partial charge in [-0.15, -0.1) is 0 Å². The van der Waals surface area contributed by atoms with Gasteiger partial charge < -0.3 is 10.1 Å². The van der Waals surface area contributed by atoms with Crippen LogP contribution >= 0.6 is 0 Å². The summed E-state index contributed by atoms with van der Waals surface area (Å²) in [6.07, 6.45) is 6.41. The molecule has 2 nitrogen and oxygen atoms in total. The van der Waals surface area contributed by atoms with Crippen LogP contribution in [0.4, 0.5) is 0 Å². The number of nitrogens with one attached hydrogen (secondary N) is 1. The molecule has 0 bridgehead atoms. The van der Waals surface area contributed by atoms with Gasteiger partial charge in [-0.25, -0.2) is 0 Å². The molecule has 1 aromatic rings. The topological polar surface area (TPSA) is 21.3 Å². The molecule has 0 amide bonds. The minimum Gasteiger partial charge on any atom is -0.385 e. The Morgan fingerprint density at radius 3 is 2.67 bits per heavy atom.